The van der Waals surface area contributed by atoms with E-state index in [0.717, 1.165) is 10.6 Å². The summed E-state index contributed by atoms with van der Waals surface area (Å²) in [6, 6.07) is 18.7. The molecular weight excluding hydrogens is 250 g/mol. The minimum atomic E-state index is 0.701. The lowest BCUT2D eigenvalue weighted by Crippen LogP contribution is -1.80. The van der Waals surface area contributed by atoms with Crippen molar-refractivity contribution in [3.05, 3.63) is 65.7 Å². The minimum absolute atomic E-state index is 0.701. The molecule has 1 heterocycles. The van der Waals surface area contributed by atoms with Crippen LogP contribution < -0.4 is 0 Å². The molecule has 0 aliphatic rings. The molecule has 3 aromatic rings. The van der Waals surface area contributed by atoms with E-state index >= 15 is 0 Å². The zero-order valence-electron chi connectivity index (χ0n) is 10.2. The Balaban J connectivity index is 1.93. The van der Waals surface area contributed by atoms with Crippen molar-refractivity contribution in [2.45, 2.75) is 0 Å². The average Bonchev–Trinajstić information content (AvgIpc) is 2.97. The smallest absolute Gasteiger partial charge is 0.124 e. The predicted molar refractivity (Wildman–Crippen MR) is 80.9 cm³/mol. The summed E-state index contributed by atoms with van der Waals surface area (Å²) in [4.78, 5) is 4.38. The van der Waals surface area contributed by atoms with Crippen molar-refractivity contribution in [3.63, 3.8) is 0 Å². The van der Waals surface area contributed by atoms with Gasteiger partial charge in [-0.1, -0.05) is 54.6 Å². The molecule has 0 spiro atoms. The molecule has 0 bridgehead atoms. The van der Waals surface area contributed by atoms with Crippen LogP contribution >= 0.6 is 11.3 Å². The molecule has 2 heteroatoms. The van der Waals surface area contributed by atoms with Gasteiger partial charge in [-0.15, -0.1) is 17.8 Å². The molecule has 0 unspecified atom stereocenters. The molecule has 0 atom stereocenters. The molecule has 0 aliphatic heterocycles. The topological polar surface area (TPSA) is 12.9 Å². The van der Waals surface area contributed by atoms with Crippen molar-refractivity contribution in [1.29, 1.82) is 0 Å². The van der Waals surface area contributed by atoms with Gasteiger partial charge >= 0.3 is 0 Å². The maximum atomic E-state index is 5.34. The van der Waals surface area contributed by atoms with Gasteiger partial charge < -0.3 is 0 Å². The monoisotopic (exact) mass is 261 g/mol. The Morgan fingerprint density at radius 1 is 0.842 bits per heavy atom. The Kier molecular flexibility index (Phi) is 3.14. The second-order valence-electron chi connectivity index (χ2n) is 4.13. The molecule has 1 aromatic heterocycles. The van der Waals surface area contributed by atoms with Crippen LogP contribution in [-0.4, -0.2) is 4.98 Å². The Hall–Kier alpha value is -2.37. The molecule has 0 N–H and O–H groups in total. The quantitative estimate of drug-likeness (QED) is 0.621. The lowest BCUT2D eigenvalue weighted by Gasteiger charge is -2.02. The molecule has 3 rings (SSSR count). The van der Waals surface area contributed by atoms with Crippen molar-refractivity contribution in [2.24, 2.45) is 0 Å². The van der Waals surface area contributed by atoms with Crippen LogP contribution in [0.5, 0.6) is 0 Å². The first-order chi connectivity index (χ1) is 9.36. The van der Waals surface area contributed by atoms with E-state index in [9.17, 15) is 0 Å². The molecule has 0 saturated heterocycles. The van der Waals surface area contributed by atoms with Gasteiger partial charge in [0, 0.05) is 10.9 Å². The van der Waals surface area contributed by atoms with Crippen LogP contribution in [0, 0.1) is 12.3 Å². The first-order valence-corrected chi connectivity index (χ1v) is 6.83. The summed E-state index contributed by atoms with van der Waals surface area (Å²) in [7, 11) is 0. The van der Waals surface area contributed by atoms with Crippen LogP contribution in [0.25, 0.3) is 21.7 Å². The Labute approximate surface area is 116 Å². The van der Waals surface area contributed by atoms with E-state index in [1.807, 2.05) is 23.6 Å². The number of thiazole rings is 1. The van der Waals surface area contributed by atoms with E-state index in [-0.39, 0.29) is 0 Å². The van der Waals surface area contributed by atoms with E-state index in [0.29, 0.717) is 5.69 Å². The predicted octanol–water partition coefficient (Wildman–Crippen LogP) is 4.46. The first-order valence-electron chi connectivity index (χ1n) is 5.95. The Morgan fingerprint density at radius 3 is 2.11 bits per heavy atom. The van der Waals surface area contributed by atoms with Crippen LogP contribution in [0.2, 0.25) is 0 Å². The molecule has 0 radical (unpaired) electrons. The minimum Gasteiger partial charge on any atom is -0.228 e. The van der Waals surface area contributed by atoms with E-state index in [1.165, 1.54) is 11.1 Å². The number of nitrogens with zero attached hydrogens (tertiary/aromatic N) is 1. The van der Waals surface area contributed by atoms with Crippen LogP contribution in [0.15, 0.2) is 60.0 Å². The zero-order chi connectivity index (χ0) is 13.1. The molecule has 0 amide bonds. The lowest BCUT2D eigenvalue weighted by atomic mass is 10.0. The van der Waals surface area contributed by atoms with Crippen molar-refractivity contribution >= 4 is 11.3 Å². The highest BCUT2D eigenvalue weighted by Gasteiger charge is 2.03. The van der Waals surface area contributed by atoms with Crippen LogP contribution in [0.3, 0.4) is 0 Å². The fourth-order valence-electron chi connectivity index (χ4n) is 1.91. The molecular formula is C17H11NS. The van der Waals surface area contributed by atoms with Crippen LogP contribution in [0.1, 0.15) is 5.69 Å². The van der Waals surface area contributed by atoms with Crippen molar-refractivity contribution in [2.75, 3.05) is 0 Å². The Morgan fingerprint density at radius 2 is 1.47 bits per heavy atom. The van der Waals surface area contributed by atoms with Crippen molar-refractivity contribution < 1.29 is 0 Å². The highest BCUT2D eigenvalue weighted by Crippen LogP contribution is 2.26. The second-order valence-corrected chi connectivity index (χ2v) is 4.98. The number of hydrogen-bond donors (Lipinski definition) is 0. The Bertz CT molecular complexity index is 718. The summed E-state index contributed by atoms with van der Waals surface area (Å²) >= 11 is 1.58. The van der Waals surface area contributed by atoms with Crippen molar-refractivity contribution in [3.8, 4) is 34.0 Å². The molecule has 90 valence electrons. The van der Waals surface area contributed by atoms with Crippen LogP contribution in [-0.2, 0) is 0 Å². The fraction of sp³-hybridized carbons (Fsp3) is 0. The third kappa shape index (κ3) is 2.42. The van der Waals surface area contributed by atoms with Gasteiger partial charge in [0.15, 0.2) is 0 Å². The average molecular weight is 261 g/mol. The van der Waals surface area contributed by atoms with E-state index < -0.39 is 0 Å². The molecule has 2 aromatic carbocycles. The lowest BCUT2D eigenvalue weighted by molar-refractivity contribution is 1.37. The fourth-order valence-corrected chi connectivity index (χ4v) is 2.68. The first kappa shape index (κ1) is 11.7. The van der Waals surface area contributed by atoms with E-state index in [2.05, 4.69) is 47.3 Å². The van der Waals surface area contributed by atoms with E-state index in [4.69, 9.17) is 6.42 Å². The summed E-state index contributed by atoms with van der Waals surface area (Å²) in [5.41, 5.74) is 4.23. The molecule has 19 heavy (non-hydrogen) atoms. The third-order valence-corrected chi connectivity index (χ3v) is 3.78. The number of hydrogen-bond acceptors (Lipinski definition) is 2. The van der Waals surface area contributed by atoms with Gasteiger partial charge in [-0.2, -0.15) is 0 Å². The van der Waals surface area contributed by atoms with Gasteiger partial charge in [0.1, 0.15) is 10.7 Å². The highest BCUT2D eigenvalue weighted by atomic mass is 32.1. The SMILES string of the molecule is C#Cc1csc(-c2ccc(-c3ccccc3)cc2)n1. The molecule has 1 nitrogen and oxygen atoms in total. The summed E-state index contributed by atoms with van der Waals surface area (Å²) in [5.74, 6) is 2.55. The highest BCUT2D eigenvalue weighted by molar-refractivity contribution is 7.13. The molecule has 0 fully saturated rings. The number of aromatic nitrogens is 1. The summed E-state index contributed by atoms with van der Waals surface area (Å²) in [6.07, 6.45) is 5.34. The molecule has 0 aliphatic carbocycles. The maximum absolute atomic E-state index is 5.34. The largest absolute Gasteiger partial charge is 0.228 e. The van der Waals surface area contributed by atoms with Crippen molar-refractivity contribution in [1.82, 2.24) is 4.98 Å². The summed E-state index contributed by atoms with van der Waals surface area (Å²) < 4.78 is 0. The summed E-state index contributed by atoms with van der Waals surface area (Å²) in [6.45, 7) is 0. The number of rotatable bonds is 2. The molecule has 0 saturated carbocycles. The normalized spacial score (nSPS) is 10.1. The van der Waals surface area contributed by atoms with Gasteiger partial charge in [0.2, 0.25) is 0 Å². The van der Waals surface area contributed by atoms with Gasteiger partial charge in [0.05, 0.1) is 0 Å². The van der Waals surface area contributed by atoms with Gasteiger partial charge in [-0.25, -0.2) is 4.98 Å². The van der Waals surface area contributed by atoms with Gasteiger partial charge in [0.25, 0.3) is 0 Å². The summed E-state index contributed by atoms with van der Waals surface area (Å²) in [5, 5.41) is 2.87. The van der Waals surface area contributed by atoms with E-state index in [1.54, 1.807) is 11.3 Å². The van der Waals surface area contributed by atoms with Gasteiger partial charge in [-0.05, 0) is 17.0 Å². The van der Waals surface area contributed by atoms with Crippen LogP contribution in [0.4, 0.5) is 0 Å². The number of benzene rings is 2. The second kappa shape index (κ2) is 5.09. The standard InChI is InChI=1S/C17H11NS/c1-2-16-12-19-17(18-16)15-10-8-14(9-11-15)13-6-4-3-5-7-13/h1,3-12H. The number of terminal acetylenes is 1. The zero-order valence-corrected chi connectivity index (χ0v) is 11.0. The third-order valence-electron chi connectivity index (χ3n) is 2.89. The maximum Gasteiger partial charge on any atom is 0.124 e. The van der Waals surface area contributed by atoms with Gasteiger partial charge in [-0.3, -0.25) is 0 Å².